The minimum atomic E-state index is -0.774. The predicted octanol–water partition coefficient (Wildman–Crippen LogP) is 2.84. The number of halogens is 1. The highest BCUT2D eigenvalue weighted by Gasteiger charge is 2.28. The standard InChI is InChI=1S/C15H17FN2O/c1-3-15(17,11-5-4-6-13(16)7-11)12-8-14(19-2)10-18-9-12/h4-10H,3,17H2,1-2H3. The number of benzene rings is 1. The topological polar surface area (TPSA) is 48.1 Å². The Morgan fingerprint density at radius 2 is 2.05 bits per heavy atom. The lowest BCUT2D eigenvalue weighted by Crippen LogP contribution is -2.37. The number of hydrogen-bond donors (Lipinski definition) is 1. The van der Waals surface area contributed by atoms with E-state index in [1.165, 1.54) is 12.1 Å². The zero-order valence-electron chi connectivity index (χ0n) is 11.1. The molecule has 19 heavy (non-hydrogen) atoms. The van der Waals surface area contributed by atoms with Crippen LogP contribution < -0.4 is 10.5 Å². The number of pyridine rings is 1. The third-order valence-corrected chi connectivity index (χ3v) is 3.36. The Balaban J connectivity index is 2.52. The Morgan fingerprint density at radius 3 is 2.68 bits per heavy atom. The van der Waals surface area contributed by atoms with Crippen molar-refractivity contribution >= 4 is 0 Å². The van der Waals surface area contributed by atoms with Crippen molar-refractivity contribution in [3.05, 3.63) is 59.7 Å². The van der Waals surface area contributed by atoms with Gasteiger partial charge < -0.3 is 10.5 Å². The minimum Gasteiger partial charge on any atom is -0.495 e. The van der Waals surface area contributed by atoms with Crippen molar-refractivity contribution in [3.8, 4) is 5.75 Å². The molecule has 1 atom stereocenters. The van der Waals surface area contributed by atoms with Crippen LogP contribution in [0.25, 0.3) is 0 Å². The summed E-state index contributed by atoms with van der Waals surface area (Å²) in [5, 5.41) is 0. The van der Waals surface area contributed by atoms with Gasteiger partial charge in [-0.1, -0.05) is 19.1 Å². The van der Waals surface area contributed by atoms with Crippen molar-refractivity contribution in [3.63, 3.8) is 0 Å². The summed E-state index contributed by atoms with van der Waals surface area (Å²) in [7, 11) is 1.58. The molecule has 1 heterocycles. The van der Waals surface area contributed by atoms with Gasteiger partial charge in [0, 0.05) is 6.20 Å². The summed E-state index contributed by atoms with van der Waals surface area (Å²) >= 11 is 0. The quantitative estimate of drug-likeness (QED) is 0.919. The summed E-state index contributed by atoms with van der Waals surface area (Å²) in [6.45, 7) is 1.96. The molecule has 1 unspecified atom stereocenters. The van der Waals surface area contributed by atoms with Crippen molar-refractivity contribution in [1.82, 2.24) is 4.98 Å². The maximum atomic E-state index is 13.4. The average Bonchev–Trinajstić information content (AvgIpc) is 2.46. The lowest BCUT2D eigenvalue weighted by molar-refractivity contribution is 0.409. The number of ether oxygens (including phenoxy) is 1. The highest BCUT2D eigenvalue weighted by molar-refractivity contribution is 5.39. The van der Waals surface area contributed by atoms with Crippen LogP contribution in [-0.4, -0.2) is 12.1 Å². The van der Waals surface area contributed by atoms with E-state index >= 15 is 0 Å². The molecule has 0 radical (unpaired) electrons. The Labute approximate surface area is 112 Å². The number of methoxy groups -OCH3 is 1. The Hall–Kier alpha value is -1.94. The fourth-order valence-electron chi connectivity index (χ4n) is 2.12. The normalized spacial score (nSPS) is 13.9. The van der Waals surface area contributed by atoms with Crippen LogP contribution in [0.3, 0.4) is 0 Å². The first-order valence-corrected chi connectivity index (χ1v) is 6.14. The monoisotopic (exact) mass is 260 g/mol. The summed E-state index contributed by atoms with van der Waals surface area (Å²) in [6.07, 6.45) is 3.94. The molecular formula is C15H17FN2O. The van der Waals surface area contributed by atoms with Gasteiger partial charge in [0.15, 0.2) is 0 Å². The Bertz CT molecular complexity index is 574. The lowest BCUT2D eigenvalue weighted by atomic mass is 9.82. The van der Waals surface area contributed by atoms with Gasteiger partial charge in [-0.3, -0.25) is 4.98 Å². The van der Waals surface area contributed by atoms with E-state index in [0.717, 1.165) is 11.1 Å². The zero-order valence-corrected chi connectivity index (χ0v) is 11.1. The van der Waals surface area contributed by atoms with E-state index in [1.807, 2.05) is 19.1 Å². The SMILES string of the molecule is CCC(N)(c1cccc(F)c1)c1cncc(OC)c1. The first-order valence-electron chi connectivity index (χ1n) is 6.14. The molecule has 0 bridgehead atoms. The molecule has 0 aliphatic heterocycles. The molecule has 0 fully saturated rings. The largest absolute Gasteiger partial charge is 0.495 e. The van der Waals surface area contributed by atoms with Gasteiger partial charge in [-0.2, -0.15) is 0 Å². The maximum absolute atomic E-state index is 13.4. The number of rotatable bonds is 4. The van der Waals surface area contributed by atoms with Crippen LogP contribution in [0.2, 0.25) is 0 Å². The van der Waals surface area contributed by atoms with Crippen molar-refractivity contribution < 1.29 is 9.13 Å². The van der Waals surface area contributed by atoms with Crippen LogP contribution in [0, 0.1) is 5.82 Å². The first-order chi connectivity index (χ1) is 9.10. The number of nitrogens with two attached hydrogens (primary N) is 1. The van der Waals surface area contributed by atoms with Gasteiger partial charge in [-0.15, -0.1) is 0 Å². The molecule has 0 saturated carbocycles. The van der Waals surface area contributed by atoms with E-state index in [1.54, 1.807) is 25.6 Å². The summed E-state index contributed by atoms with van der Waals surface area (Å²) < 4.78 is 18.6. The predicted molar refractivity (Wildman–Crippen MR) is 72.4 cm³/mol. The molecule has 0 aliphatic carbocycles. The highest BCUT2D eigenvalue weighted by atomic mass is 19.1. The fraction of sp³-hybridized carbons (Fsp3) is 0.267. The molecule has 0 saturated heterocycles. The van der Waals surface area contributed by atoms with Crippen LogP contribution in [-0.2, 0) is 5.54 Å². The number of aromatic nitrogens is 1. The summed E-state index contributed by atoms with van der Waals surface area (Å²) in [6, 6.07) is 8.19. The molecule has 2 rings (SSSR count). The van der Waals surface area contributed by atoms with Crippen LogP contribution in [0.4, 0.5) is 4.39 Å². The van der Waals surface area contributed by atoms with Crippen LogP contribution in [0.1, 0.15) is 24.5 Å². The van der Waals surface area contributed by atoms with Gasteiger partial charge >= 0.3 is 0 Å². The van der Waals surface area contributed by atoms with E-state index in [4.69, 9.17) is 10.5 Å². The fourth-order valence-corrected chi connectivity index (χ4v) is 2.12. The minimum absolute atomic E-state index is 0.295. The first kappa shape index (κ1) is 13.5. The second kappa shape index (κ2) is 5.36. The molecule has 1 aromatic carbocycles. The van der Waals surface area contributed by atoms with Crippen LogP contribution in [0.15, 0.2) is 42.7 Å². The average molecular weight is 260 g/mol. The zero-order chi connectivity index (χ0) is 13.9. The van der Waals surface area contributed by atoms with Crippen LogP contribution >= 0.6 is 0 Å². The van der Waals surface area contributed by atoms with Gasteiger partial charge in [0.2, 0.25) is 0 Å². The molecule has 1 aromatic heterocycles. The van der Waals surface area contributed by atoms with Gasteiger partial charge in [-0.25, -0.2) is 4.39 Å². The van der Waals surface area contributed by atoms with Gasteiger partial charge in [0.1, 0.15) is 11.6 Å². The summed E-state index contributed by atoms with van der Waals surface area (Å²) in [4.78, 5) is 4.12. The second-order valence-corrected chi connectivity index (χ2v) is 4.45. The molecule has 0 spiro atoms. The smallest absolute Gasteiger partial charge is 0.137 e. The molecule has 0 aliphatic rings. The van der Waals surface area contributed by atoms with Crippen molar-refractivity contribution in [2.24, 2.45) is 5.73 Å². The molecule has 3 nitrogen and oxygen atoms in total. The maximum Gasteiger partial charge on any atom is 0.137 e. The van der Waals surface area contributed by atoms with Gasteiger partial charge in [0.05, 0.1) is 18.8 Å². The van der Waals surface area contributed by atoms with Gasteiger partial charge in [-0.05, 0) is 35.7 Å². The van der Waals surface area contributed by atoms with E-state index in [2.05, 4.69) is 4.98 Å². The molecule has 100 valence electrons. The van der Waals surface area contributed by atoms with Crippen molar-refractivity contribution in [2.45, 2.75) is 18.9 Å². The highest BCUT2D eigenvalue weighted by Crippen LogP contribution is 2.31. The summed E-state index contributed by atoms with van der Waals surface area (Å²) in [5.74, 6) is 0.341. The lowest BCUT2D eigenvalue weighted by Gasteiger charge is -2.29. The molecule has 2 aromatic rings. The number of nitrogens with zero attached hydrogens (tertiary/aromatic N) is 1. The molecule has 0 amide bonds. The van der Waals surface area contributed by atoms with E-state index < -0.39 is 5.54 Å². The summed E-state index contributed by atoms with van der Waals surface area (Å²) in [5.41, 5.74) is 7.23. The Morgan fingerprint density at radius 1 is 1.26 bits per heavy atom. The third-order valence-electron chi connectivity index (χ3n) is 3.36. The van der Waals surface area contributed by atoms with Crippen molar-refractivity contribution in [2.75, 3.05) is 7.11 Å². The molecule has 4 heteroatoms. The van der Waals surface area contributed by atoms with E-state index in [-0.39, 0.29) is 5.82 Å². The molecule has 2 N–H and O–H groups in total. The van der Waals surface area contributed by atoms with E-state index in [9.17, 15) is 4.39 Å². The molecular weight excluding hydrogens is 243 g/mol. The van der Waals surface area contributed by atoms with Gasteiger partial charge in [0.25, 0.3) is 0 Å². The Kier molecular flexibility index (Phi) is 3.81. The van der Waals surface area contributed by atoms with E-state index in [0.29, 0.717) is 12.2 Å². The van der Waals surface area contributed by atoms with Crippen molar-refractivity contribution in [1.29, 1.82) is 0 Å². The second-order valence-electron chi connectivity index (χ2n) is 4.45. The van der Waals surface area contributed by atoms with Crippen LogP contribution in [0.5, 0.6) is 5.75 Å². The number of hydrogen-bond acceptors (Lipinski definition) is 3. The third kappa shape index (κ3) is 2.58.